The maximum atomic E-state index is 13.0. The summed E-state index contributed by atoms with van der Waals surface area (Å²) in [6, 6.07) is 14.4. The number of aromatic nitrogens is 2. The van der Waals surface area contributed by atoms with E-state index in [-0.39, 0.29) is 5.91 Å². The Kier molecular flexibility index (Phi) is 5.84. The van der Waals surface area contributed by atoms with Gasteiger partial charge in [0.15, 0.2) is 0 Å². The normalized spacial score (nSPS) is 11.2. The Hall–Kier alpha value is -2.99. The highest BCUT2D eigenvalue weighted by Gasteiger charge is 2.23. The second-order valence-corrected chi connectivity index (χ2v) is 7.96. The zero-order valence-electron chi connectivity index (χ0n) is 17.1. The molecule has 2 aromatic carbocycles. The van der Waals surface area contributed by atoms with Crippen LogP contribution in [0.25, 0.3) is 16.9 Å². The van der Waals surface area contributed by atoms with E-state index in [1.54, 1.807) is 37.1 Å². The number of halogens is 1. The molecule has 0 aliphatic heterocycles. The van der Waals surface area contributed by atoms with Crippen molar-refractivity contribution >= 4 is 17.5 Å². The second-order valence-electron chi connectivity index (χ2n) is 7.55. The van der Waals surface area contributed by atoms with Gasteiger partial charge in [0.25, 0.3) is 5.91 Å². The molecule has 0 saturated carbocycles. The van der Waals surface area contributed by atoms with Gasteiger partial charge in [-0.2, -0.15) is 5.10 Å². The van der Waals surface area contributed by atoms with Gasteiger partial charge >= 0.3 is 0 Å². The molecule has 3 rings (SSSR count). The fourth-order valence-corrected chi connectivity index (χ4v) is 3.11. The first-order valence-corrected chi connectivity index (χ1v) is 9.51. The third-order valence-electron chi connectivity index (χ3n) is 4.20. The lowest BCUT2D eigenvalue weighted by Gasteiger charge is -2.20. The van der Waals surface area contributed by atoms with Gasteiger partial charge in [0.2, 0.25) is 0 Å². The first-order chi connectivity index (χ1) is 13.7. The van der Waals surface area contributed by atoms with Crippen LogP contribution in [0.5, 0.6) is 11.5 Å². The van der Waals surface area contributed by atoms with Crippen LogP contribution >= 0.6 is 11.6 Å². The number of methoxy groups -OCH3 is 2. The van der Waals surface area contributed by atoms with E-state index in [2.05, 4.69) is 10.4 Å². The second kappa shape index (κ2) is 8.17. The van der Waals surface area contributed by atoms with Crippen molar-refractivity contribution < 1.29 is 14.3 Å². The van der Waals surface area contributed by atoms with Gasteiger partial charge in [0, 0.05) is 17.2 Å². The van der Waals surface area contributed by atoms with Crippen molar-refractivity contribution in [2.75, 3.05) is 14.2 Å². The van der Waals surface area contributed by atoms with E-state index in [1.807, 2.05) is 51.1 Å². The van der Waals surface area contributed by atoms with Gasteiger partial charge in [-0.05, 0) is 51.1 Å². The summed E-state index contributed by atoms with van der Waals surface area (Å²) in [6.07, 6.45) is 0. The molecule has 1 amide bonds. The number of hydrogen-bond acceptors (Lipinski definition) is 4. The summed E-state index contributed by atoms with van der Waals surface area (Å²) >= 11 is 6.39. The Morgan fingerprint density at radius 2 is 1.79 bits per heavy atom. The van der Waals surface area contributed by atoms with Crippen molar-refractivity contribution in [3.05, 3.63) is 59.2 Å². The Morgan fingerprint density at radius 1 is 1.07 bits per heavy atom. The number of amides is 1. The SMILES string of the molecule is COc1ccc(-c2cc(C(=O)NC(C)(C)C)n(-c3ccccc3Cl)n2)c(OC)c1. The van der Waals surface area contributed by atoms with Crippen molar-refractivity contribution in [1.82, 2.24) is 15.1 Å². The number of hydrogen-bond donors (Lipinski definition) is 1. The third kappa shape index (κ3) is 4.54. The maximum Gasteiger partial charge on any atom is 0.270 e. The number of nitrogens with one attached hydrogen (secondary N) is 1. The summed E-state index contributed by atoms with van der Waals surface area (Å²) in [5.41, 5.74) is 1.92. The molecule has 0 aliphatic carbocycles. The highest BCUT2D eigenvalue weighted by Crippen LogP contribution is 2.34. The number of benzene rings is 2. The fraction of sp³-hybridized carbons (Fsp3) is 0.273. The Labute approximate surface area is 175 Å². The van der Waals surface area contributed by atoms with Gasteiger partial charge in [-0.15, -0.1) is 0 Å². The van der Waals surface area contributed by atoms with Crippen LogP contribution in [0.3, 0.4) is 0 Å². The van der Waals surface area contributed by atoms with Crippen LogP contribution in [-0.4, -0.2) is 35.4 Å². The lowest BCUT2D eigenvalue weighted by atomic mass is 10.1. The van der Waals surface area contributed by atoms with Gasteiger partial charge in [-0.25, -0.2) is 4.68 Å². The van der Waals surface area contributed by atoms with Crippen molar-refractivity contribution in [3.8, 4) is 28.4 Å². The molecule has 0 fully saturated rings. The van der Waals surface area contributed by atoms with E-state index in [0.717, 1.165) is 5.56 Å². The number of ether oxygens (including phenoxy) is 2. The quantitative estimate of drug-likeness (QED) is 0.656. The molecule has 0 radical (unpaired) electrons. The molecule has 1 aromatic heterocycles. The highest BCUT2D eigenvalue weighted by atomic mass is 35.5. The van der Waals surface area contributed by atoms with Crippen molar-refractivity contribution in [2.24, 2.45) is 0 Å². The minimum Gasteiger partial charge on any atom is -0.497 e. The molecule has 0 unspecified atom stereocenters. The van der Waals surface area contributed by atoms with Crippen LogP contribution in [0.15, 0.2) is 48.5 Å². The lowest BCUT2D eigenvalue weighted by molar-refractivity contribution is 0.0911. The topological polar surface area (TPSA) is 65.4 Å². The molecule has 7 heteroatoms. The zero-order valence-corrected chi connectivity index (χ0v) is 17.9. The summed E-state index contributed by atoms with van der Waals surface area (Å²) in [4.78, 5) is 13.0. The molecule has 3 aromatic rings. The fourth-order valence-electron chi connectivity index (χ4n) is 2.90. The van der Waals surface area contributed by atoms with Gasteiger partial charge in [0.1, 0.15) is 17.2 Å². The molecule has 1 heterocycles. The summed E-state index contributed by atoms with van der Waals surface area (Å²) in [5.74, 6) is 1.02. The van der Waals surface area contributed by atoms with Crippen LogP contribution in [0.2, 0.25) is 5.02 Å². The van der Waals surface area contributed by atoms with E-state index in [9.17, 15) is 4.79 Å². The van der Waals surface area contributed by atoms with Gasteiger partial charge < -0.3 is 14.8 Å². The van der Waals surface area contributed by atoms with Crippen LogP contribution < -0.4 is 14.8 Å². The van der Waals surface area contributed by atoms with E-state index in [1.165, 1.54) is 0 Å². The van der Waals surface area contributed by atoms with Crippen molar-refractivity contribution in [1.29, 1.82) is 0 Å². The van der Waals surface area contributed by atoms with E-state index in [4.69, 9.17) is 21.1 Å². The predicted molar refractivity (Wildman–Crippen MR) is 114 cm³/mol. The lowest BCUT2D eigenvalue weighted by Crippen LogP contribution is -2.41. The number of carbonyl (C=O) groups is 1. The molecule has 1 N–H and O–H groups in total. The van der Waals surface area contributed by atoms with E-state index < -0.39 is 5.54 Å². The summed E-state index contributed by atoms with van der Waals surface area (Å²) in [6.45, 7) is 5.78. The summed E-state index contributed by atoms with van der Waals surface area (Å²) in [7, 11) is 3.17. The predicted octanol–water partition coefficient (Wildman–Crippen LogP) is 4.74. The Morgan fingerprint density at radius 3 is 2.41 bits per heavy atom. The number of para-hydroxylation sites is 1. The van der Waals surface area contributed by atoms with Crippen LogP contribution in [0, 0.1) is 0 Å². The number of nitrogens with zero attached hydrogens (tertiary/aromatic N) is 2. The average molecular weight is 414 g/mol. The molecular weight excluding hydrogens is 390 g/mol. The van der Waals surface area contributed by atoms with E-state index in [0.29, 0.717) is 33.6 Å². The largest absolute Gasteiger partial charge is 0.497 e. The molecule has 6 nitrogen and oxygen atoms in total. The molecule has 152 valence electrons. The minimum absolute atomic E-state index is 0.247. The van der Waals surface area contributed by atoms with Crippen LogP contribution in [0.1, 0.15) is 31.3 Å². The van der Waals surface area contributed by atoms with Crippen LogP contribution in [-0.2, 0) is 0 Å². The van der Waals surface area contributed by atoms with Gasteiger partial charge in [0.05, 0.1) is 30.6 Å². The molecule has 0 atom stereocenters. The Bertz CT molecular complexity index is 1040. The highest BCUT2D eigenvalue weighted by molar-refractivity contribution is 6.32. The maximum absolute atomic E-state index is 13.0. The molecule has 29 heavy (non-hydrogen) atoms. The molecule has 0 bridgehead atoms. The van der Waals surface area contributed by atoms with Crippen LogP contribution in [0.4, 0.5) is 0 Å². The third-order valence-corrected chi connectivity index (χ3v) is 4.52. The number of carbonyl (C=O) groups excluding carboxylic acids is 1. The van der Waals surface area contributed by atoms with Gasteiger partial charge in [-0.3, -0.25) is 4.79 Å². The molecule has 0 spiro atoms. The smallest absolute Gasteiger partial charge is 0.270 e. The van der Waals surface area contributed by atoms with E-state index >= 15 is 0 Å². The minimum atomic E-state index is -0.398. The van der Waals surface area contributed by atoms with Gasteiger partial charge in [-0.1, -0.05) is 23.7 Å². The zero-order chi connectivity index (χ0) is 21.2. The molecular formula is C22H24ClN3O3. The average Bonchev–Trinajstić information content (AvgIpc) is 3.11. The monoisotopic (exact) mass is 413 g/mol. The Balaban J connectivity index is 2.18. The van der Waals surface area contributed by atoms with Crippen molar-refractivity contribution in [3.63, 3.8) is 0 Å². The number of rotatable bonds is 5. The first kappa shape index (κ1) is 20.7. The standard InChI is InChI=1S/C22H24ClN3O3/c1-22(2,3)24-21(27)19-13-17(15-11-10-14(28-4)12-20(15)29-5)25-26(19)18-9-7-6-8-16(18)23/h6-13H,1-5H3,(H,24,27). The first-order valence-electron chi connectivity index (χ1n) is 9.13. The van der Waals surface area contributed by atoms with Crippen molar-refractivity contribution in [2.45, 2.75) is 26.3 Å². The summed E-state index contributed by atoms with van der Waals surface area (Å²) in [5, 5.41) is 8.15. The summed E-state index contributed by atoms with van der Waals surface area (Å²) < 4.78 is 12.3. The molecule has 0 aliphatic rings. The molecule has 0 saturated heterocycles.